The van der Waals surface area contributed by atoms with Crippen LogP contribution in [0.2, 0.25) is 15.1 Å². The maximum absolute atomic E-state index is 13.5. The van der Waals surface area contributed by atoms with Gasteiger partial charge in [-0.15, -0.1) is 0 Å². The highest BCUT2D eigenvalue weighted by molar-refractivity contribution is 6.36. The first-order valence-corrected chi connectivity index (χ1v) is 6.33. The molecule has 2 rings (SSSR count). The Morgan fingerprint density at radius 3 is 2.33 bits per heavy atom. The second-order valence-corrected chi connectivity index (χ2v) is 4.93. The summed E-state index contributed by atoms with van der Waals surface area (Å²) in [5.74, 6) is -0.373. The first-order valence-electron chi connectivity index (χ1n) is 5.20. The maximum Gasteiger partial charge on any atom is 0.146 e. The highest BCUT2D eigenvalue weighted by Crippen LogP contribution is 2.26. The first kappa shape index (κ1) is 13.5. The van der Waals surface area contributed by atoms with Crippen LogP contribution in [0, 0.1) is 5.82 Å². The van der Waals surface area contributed by atoms with Gasteiger partial charge in [-0.2, -0.15) is 0 Å². The standard InChI is InChI=1S/C13H9Cl3FN/c14-8-4-5-12(17)13(6-8)18-7-9-10(15)2-1-3-11(9)16/h1-6,18H,7H2. The van der Waals surface area contributed by atoms with E-state index in [1.807, 2.05) is 0 Å². The van der Waals surface area contributed by atoms with Crippen LogP contribution in [-0.4, -0.2) is 0 Å². The molecular formula is C13H9Cl3FN. The summed E-state index contributed by atoms with van der Waals surface area (Å²) < 4.78 is 13.5. The van der Waals surface area contributed by atoms with Gasteiger partial charge in [0.05, 0.1) is 5.69 Å². The van der Waals surface area contributed by atoms with Gasteiger partial charge in [0.25, 0.3) is 0 Å². The summed E-state index contributed by atoms with van der Waals surface area (Å²) in [6.45, 7) is 0.329. The van der Waals surface area contributed by atoms with Crippen molar-refractivity contribution in [3.05, 3.63) is 62.8 Å². The van der Waals surface area contributed by atoms with Gasteiger partial charge >= 0.3 is 0 Å². The third-order valence-electron chi connectivity index (χ3n) is 2.45. The Balaban J connectivity index is 2.19. The quantitative estimate of drug-likeness (QED) is 0.800. The molecule has 0 radical (unpaired) electrons. The summed E-state index contributed by atoms with van der Waals surface area (Å²) in [6, 6.07) is 9.54. The third kappa shape index (κ3) is 3.08. The van der Waals surface area contributed by atoms with Crippen LogP contribution < -0.4 is 5.32 Å². The van der Waals surface area contributed by atoms with Gasteiger partial charge in [-0.1, -0.05) is 40.9 Å². The van der Waals surface area contributed by atoms with Gasteiger partial charge < -0.3 is 5.32 Å². The Morgan fingerprint density at radius 2 is 1.67 bits per heavy atom. The highest BCUT2D eigenvalue weighted by Gasteiger charge is 2.07. The number of nitrogens with one attached hydrogen (secondary N) is 1. The number of rotatable bonds is 3. The van der Waals surface area contributed by atoms with Crippen LogP contribution in [-0.2, 0) is 6.54 Å². The van der Waals surface area contributed by atoms with E-state index in [0.29, 0.717) is 27.3 Å². The average Bonchev–Trinajstić information content (AvgIpc) is 2.33. The molecule has 5 heteroatoms. The molecule has 18 heavy (non-hydrogen) atoms. The van der Waals surface area contributed by atoms with Crippen molar-refractivity contribution in [3.8, 4) is 0 Å². The molecule has 2 aromatic rings. The fourth-order valence-corrected chi connectivity index (χ4v) is 2.22. The number of hydrogen-bond acceptors (Lipinski definition) is 1. The van der Waals surface area contributed by atoms with Gasteiger partial charge in [0, 0.05) is 27.2 Å². The van der Waals surface area contributed by atoms with E-state index < -0.39 is 0 Å². The van der Waals surface area contributed by atoms with Crippen molar-refractivity contribution in [2.24, 2.45) is 0 Å². The fraction of sp³-hybridized carbons (Fsp3) is 0.0769. The van der Waals surface area contributed by atoms with E-state index in [-0.39, 0.29) is 5.82 Å². The first-order chi connectivity index (χ1) is 8.58. The molecule has 0 bridgehead atoms. The minimum absolute atomic E-state index is 0.318. The van der Waals surface area contributed by atoms with E-state index in [2.05, 4.69) is 5.32 Å². The van der Waals surface area contributed by atoms with E-state index in [1.54, 1.807) is 18.2 Å². The van der Waals surface area contributed by atoms with Gasteiger partial charge in [-0.3, -0.25) is 0 Å². The molecule has 0 aliphatic carbocycles. The molecule has 2 aromatic carbocycles. The Bertz CT molecular complexity index is 552. The van der Waals surface area contributed by atoms with Crippen molar-refractivity contribution < 1.29 is 4.39 Å². The Kier molecular flexibility index (Phi) is 4.33. The zero-order chi connectivity index (χ0) is 13.1. The lowest BCUT2D eigenvalue weighted by atomic mass is 10.2. The summed E-state index contributed by atoms with van der Waals surface area (Å²) in [4.78, 5) is 0. The molecule has 0 spiro atoms. The molecule has 0 amide bonds. The lowest BCUT2D eigenvalue weighted by Crippen LogP contribution is -2.02. The van der Waals surface area contributed by atoms with Crippen LogP contribution in [0.3, 0.4) is 0 Å². The van der Waals surface area contributed by atoms with Crippen molar-refractivity contribution in [3.63, 3.8) is 0 Å². The molecule has 0 unspecified atom stereocenters. The lowest BCUT2D eigenvalue weighted by molar-refractivity contribution is 0.630. The van der Waals surface area contributed by atoms with E-state index in [0.717, 1.165) is 5.56 Å². The molecule has 0 fully saturated rings. The summed E-state index contributed by atoms with van der Waals surface area (Å²) in [6.07, 6.45) is 0. The van der Waals surface area contributed by atoms with E-state index in [9.17, 15) is 4.39 Å². The second-order valence-electron chi connectivity index (χ2n) is 3.68. The highest BCUT2D eigenvalue weighted by atomic mass is 35.5. The lowest BCUT2D eigenvalue weighted by Gasteiger charge is -2.10. The molecule has 1 N–H and O–H groups in total. The number of halogens is 4. The summed E-state index contributed by atoms with van der Waals surface area (Å²) in [5.41, 5.74) is 1.04. The molecule has 0 heterocycles. The van der Waals surface area contributed by atoms with Crippen molar-refractivity contribution in [1.82, 2.24) is 0 Å². The van der Waals surface area contributed by atoms with Gasteiger partial charge in [0.2, 0.25) is 0 Å². The second kappa shape index (κ2) is 5.79. The van der Waals surface area contributed by atoms with E-state index in [4.69, 9.17) is 34.8 Å². The zero-order valence-electron chi connectivity index (χ0n) is 9.18. The maximum atomic E-state index is 13.5. The molecule has 1 nitrogen and oxygen atoms in total. The van der Waals surface area contributed by atoms with Crippen molar-refractivity contribution >= 4 is 40.5 Å². The van der Waals surface area contributed by atoms with E-state index >= 15 is 0 Å². The smallest absolute Gasteiger partial charge is 0.146 e. The van der Waals surface area contributed by atoms with Crippen molar-refractivity contribution in [1.29, 1.82) is 0 Å². The molecule has 0 aromatic heterocycles. The van der Waals surface area contributed by atoms with E-state index in [1.165, 1.54) is 18.2 Å². The molecule has 0 saturated heterocycles. The topological polar surface area (TPSA) is 12.0 Å². The van der Waals surface area contributed by atoms with Crippen molar-refractivity contribution in [2.45, 2.75) is 6.54 Å². The molecular weight excluding hydrogens is 296 g/mol. The Hall–Kier alpha value is -0.960. The Morgan fingerprint density at radius 1 is 1.00 bits per heavy atom. The fourth-order valence-electron chi connectivity index (χ4n) is 1.52. The van der Waals surface area contributed by atoms with Crippen LogP contribution in [0.4, 0.5) is 10.1 Å². The normalized spacial score (nSPS) is 10.4. The van der Waals surface area contributed by atoms with Crippen LogP contribution in [0.15, 0.2) is 36.4 Å². The molecule has 0 aliphatic heterocycles. The van der Waals surface area contributed by atoms with Gasteiger partial charge in [0.1, 0.15) is 5.82 Å². The Labute approximate surface area is 119 Å². The average molecular weight is 305 g/mol. The zero-order valence-corrected chi connectivity index (χ0v) is 11.5. The van der Waals surface area contributed by atoms with Crippen LogP contribution in [0.1, 0.15) is 5.56 Å². The summed E-state index contributed by atoms with van der Waals surface area (Å²) in [5, 5.41) is 4.46. The van der Waals surface area contributed by atoms with Crippen LogP contribution in [0.25, 0.3) is 0 Å². The van der Waals surface area contributed by atoms with Gasteiger partial charge in [-0.25, -0.2) is 4.39 Å². The third-order valence-corrected chi connectivity index (χ3v) is 3.39. The number of benzene rings is 2. The van der Waals surface area contributed by atoms with Crippen LogP contribution >= 0.6 is 34.8 Å². The summed E-state index contributed by atoms with van der Waals surface area (Å²) in [7, 11) is 0. The largest absolute Gasteiger partial charge is 0.378 e. The minimum atomic E-state index is -0.373. The molecule has 0 aliphatic rings. The molecule has 0 atom stereocenters. The predicted molar refractivity (Wildman–Crippen MR) is 75.2 cm³/mol. The minimum Gasteiger partial charge on any atom is -0.378 e. The van der Waals surface area contributed by atoms with Gasteiger partial charge in [0.15, 0.2) is 0 Å². The van der Waals surface area contributed by atoms with Crippen molar-refractivity contribution in [2.75, 3.05) is 5.32 Å². The number of hydrogen-bond donors (Lipinski definition) is 1. The predicted octanol–water partition coefficient (Wildman–Crippen LogP) is 5.40. The van der Waals surface area contributed by atoms with Gasteiger partial charge in [-0.05, 0) is 30.3 Å². The molecule has 0 saturated carbocycles. The molecule has 94 valence electrons. The summed E-state index contributed by atoms with van der Waals surface area (Å²) >= 11 is 17.8. The number of anilines is 1. The SMILES string of the molecule is Fc1ccc(Cl)cc1NCc1c(Cl)cccc1Cl. The monoisotopic (exact) mass is 303 g/mol. The van der Waals surface area contributed by atoms with Crippen LogP contribution in [0.5, 0.6) is 0 Å².